The summed E-state index contributed by atoms with van der Waals surface area (Å²) in [5, 5.41) is 12.6. The summed E-state index contributed by atoms with van der Waals surface area (Å²) >= 11 is 6.03. The molecule has 2 N–H and O–H groups in total. The lowest BCUT2D eigenvalue weighted by Gasteiger charge is -2.32. The number of nitrogens with zero attached hydrogens (tertiary/aromatic N) is 1. The number of rotatable bonds is 10. The molecule has 0 radical (unpaired) electrons. The summed E-state index contributed by atoms with van der Waals surface area (Å²) < 4.78 is 0. The zero-order valence-corrected chi connectivity index (χ0v) is 18.5. The van der Waals surface area contributed by atoms with E-state index in [0.29, 0.717) is 18.0 Å². The average molecular weight is 451 g/mol. The van der Waals surface area contributed by atoms with Crippen LogP contribution in [0.25, 0.3) is 0 Å². The molecule has 0 aliphatic heterocycles. The zero-order valence-electron chi connectivity index (χ0n) is 17.8. The lowest BCUT2D eigenvalue weighted by molar-refractivity contribution is -0.141. The van der Waals surface area contributed by atoms with E-state index in [0.717, 1.165) is 16.7 Å². The first-order valence-corrected chi connectivity index (χ1v) is 11.0. The van der Waals surface area contributed by atoms with Crippen molar-refractivity contribution < 1.29 is 14.7 Å². The van der Waals surface area contributed by atoms with Gasteiger partial charge in [-0.3, -0.25) is 9.59 Å². The van der Waals surface area contributed by atoms with Gasteiger partial charge in [-0.25, -0.2) is 0 Å². The molecule has 0 saturated carbocycles. The topological polar surface area (TPSA) is 69.6 Å². The van der Waals surface area contributed by atoms with Gasteiger partial charge < -0.3 is 15.3 Å². The van der Waals surface area contributed by atoms with Crippen LogP contribution < -0.4 is 5.32 Å². The van der Waals surface area contributed by atoms with Crippen molar-refractivity contribution in [2.45, 2.75) is 25.4 Å². The highest BCUT2D eigenvalue weighted by atomic mass is 35.5. The number of hydrogen-bond donors (Lipinski definition) is 2. The van der Waals surface area contributed by atoms with Crippen LogP contribution >= 0.6 is 11.6 Å². The lowest BCUT2D eigenvalue weighted by atomic mass is 10.0. The maximum atomic E-state index is 13.5. The fourth-order valence-corrected chi connectivity index (χ4v) is 3.60. The highest BCUT2D eigenvalue weighted by Gasteiger charge is 2.31. The molecule has 0 bridgehead atoms. The molecule has 6 heteroatoms. The number of aliphatic hydroxyl groups is 1. The third kappa shape index (κ3) is 6.67. The second-order valence-corrected chi connectivity index (χ2v) is 7.93. The summed E-state index contributed by atoms with van der Waals surface area (Å²) in [6.07, 6.45) is 0.629. The first kappa shape index (κ1) is 23.5. The first-order chi connectivity index (χ1) is 15.6. The van der Waals surface area contributed by atoms with E-state index in [1.807, 2.05) is 72.8 Å². The van der Waals surface area contributed by atoms with Crippen molar-refractivity contribution in [3.8, 4) is 0 Å². The minimum absolute atomic E-state index is 0.0162. The monoisotopic (exact) mass is 450 g/mol. The number of halogens is 1. The fraction of sp³-hybridized carbons (Fsp3) is 0.231. The molecular weight excluding hydrogens is 424 g/mol. The van der Waals surface area contributed by atoms with E-state index in [4.69, 9.17) is 16.7 Å². The standard InChI is InChI=1S/C26H27ClN2O3/c27-23-14-12-21(13-15-23)19-29(24(31)18-20-8-3-1-4-9-20)25(22-10-5-2-6-11-22)26(32)28-16-7-17-30/h1-6,8-15,25,30H,7,16-19H2,(H,28,32). The summed E-state index contributed by atoms with van der Waals surface area (Å²) in [4.78, 5) is 28.4. The van der Waals surface area contributed by atoms with Crippen LogP contribution in [0.4, 0.5) is 0 Å². The molecule has 32 heavy (non-hydrogen) atoms. The average Bonchev–Trinajstić information content (AvgIpc) is 2.81. The van der Waals surface area contributed by atoms with Crippen molar-refractivity contribution in [2.75, 3.05) is 13.2 Å². The zero-order chi connectivity index (χ0) is 22.8. The van der Waals surface area contributed by atoms with Gasteiger partial charge >= 0.3 is 0 Å². The maximum absolute atomic E-state index is 13.5. The molecule has 1 atom stereocenters. The second kappa shape index (κ2) is 12.0. The summed E-state index contributed by atoms with van der Waals surface area (Å²) in [5.74, 6) is -0.433. The van der Waals surface area contributed by atoms with E-state index in [2.05, 4.69) is 5.32 Å². The van der Waals surface area contributed by atoms with Crippen LogP contribution in [0.5, 0.6) is 0 Å². The molecule has 2 amide bonds. The quantitative estimate of drug-likeness (QED) is 0.456. The molecule has 0 saturated heterocycles. The molecule has 3 aromatic carbocycles. The van der Waals surface area contributed by atoms with Gasteiger partial charge in [0.05, 0.1) is 6.42 Å². The van der Waals surface area contributed by atoms with Crippen LogP contribution in [0, 0.1) is 0 Å². The van der Waals surface area contributed by atoms with Crippen LogP contribution in [0.3, 0.4) is 0 Å². The van der Waals surface area contributed by atoms with Gasteiger partial charge in [0.25, 0.3) is 0 Å². The van der Waals surface area contributed by atoms with Crippen LogP contribution in [0.2, 0.25) is 5.02 Å². The third-order valence-electron chi connectivity index (χ3n) is 5.09. The molecule has 166 valence electrons. The van der Waals surface area contributed by atoms with Gasteiger partial charge in [0.2, 0.25) is 11.8 Å². The van der Waals surface area contributed by atoms with E-state index in [-0.39, 0.29) is 31.4 Å². The number of carbonyl (C=O) groups is 2. The number of benzene rings is 3. The molecule has 0 heterocycles. The van der Waals surface area contributed by atoms with Gasteiger partial charge in [-0.2, -0.15) is 0 Å². The highest BCUT2D eigenvalue weighted by Crippen LogP contribution is 2.25. The van der Waals surface area contributed by atoms with Crippen molar-refractivity contribution in [1.29, 1.82) is 0 Å². The Balaban J connectivity index is 1.96. The SMILES string of the molecule is O=C(NCCCO)C(c1ccccc1)N(Cc1ccc(Cl)cc1)C(=O)Cc1ccccc1. The summed E-state index contributed by atoms with van der Waals surface area (Å²) in [7, 11) is 0. The largest absolute Gasteiger partial charge is 0.396 e. The number of amides is 2. The van der Waals surface area contributed by atoms with E-state index in [9.17, 15) is 9.59 Å². The van der Waals surface area contributed by atoms with Gasteiger partial charge in [0.1, 0.15) is 6.04 Å². The van der Waals surface area contributed by atoms with Gasteiger partial charge in [-0.05, 0) is 35.2 Å². The second-order valence-electron chi connectivity index (χ2n) is 7.49. The summed E-state index contributed by atoms with van der Waals surface area (Å²) in [6, 6.07) is 25.2. The van der Waals surface area contributed by atoms with Gasteiger partial charge in [0.15, 0.2) is 0 Å². The highest BCUT2D eigenvalue weighted by molar-refractivity contribution is 6.30. The summed E-state index contributed by atoms with van der Waals surface area (Å²) in [6.45, 7) is 0.577. The molecule has 0 aliphatic rings. The van der Waals surface area contributed by atoms with Crippen molar-refractivity contribution in [1.82, 2.24) is 10.2 Å². The lowest BCUT2D eigenvalue weighted by Crippen LogP contribution is -2.44. The number of aliphatic hydroxyl groups excluding tert-OH is 1. The molecule has 0 aromatic heterocycles. The molecule has 3 aromatic rings. The van der Waals surface area contributed by atoms with E-state index in [1.165, 1.54) is 0 Å². The van der Waals surface area contributed by atoms with Gasteiger partial charge in [-0.1, -0.05) is 84.4 Å². The predicted octanol–water partition coefficient (Wildman–Crippen LogP) is 4.15. The Morgan fingerprint density at radius 2 is 1.50 bits per heavy atom. The van der Waals surface area contributed by atoms with E-state index < -0.39 is 6.04 Å². The molecule has 3 rings (SSSR count). The Bertz CT molecular complexity index is 995. The van der Waals surface area contributed by atoms with Crippen molar-refractivity contribution >= 4 is 23.4 Å². The Kier molecular flexibility index (Phi) is 8.84. The minimum atomic E-state index is -0.804. The normalized spacial score (nSPS) is 11.6. The van der Waals surface area contributed by atoms with Gasteiger partial charge in [-0.15, -0.1) is 0 Å². The summed E-state index contributed by atoms with van der Waals surface area (Å²) in [5.41, 5.74) is 2.48. The Hall–Kier alpha value is -3.15. The first-order valence-electron chi connectivity index (χ1n) is 10.6. The van der Waals surface area contributed by atoms with Crippen LogP contribution in [-0.4, -0.2) is 35.0 Å². The van der Waals surface area contributed by atoms with Crippen LogP contribution in [0.15, 0.2) is 84.9 Å². The third-order valence-corrected chi connectivity index (χ3v) is 5.35. The Labute approximate surface area is 193 Å². The molecule has 5 nitrogen and oxygen atoms in total. The van der Waals surface area contributed by atoms with Crippen molar-refractivity contribution in [3.05, 3.63) is 107 Å². The number of hydrogen-bond acceptors (Lipinski definition) is 3. The molecular formula is C26H27ClN2O3. The van der Waals surface area contributed by atoms with Crippen molar-refractivity contribution in [2.24, 2.45) is 0 Å². The molecule has 1 unspecified atom stereocenters. The Morgan fingerprint density at radius 1 is 0.875 bits per heavy atom. The smallest absolute Gasteiger partial charge is 0.247 e. The fourth-order valence-electron chi connectivity index (χ4n) is 3.48. The van der Waals surface area contributed by atoms with Gasteiger partial charge in [0, 0.05) is 24.7 Å². The van der Waals surface area contributed by atoms with E-state index >= 15 is 0 Å². The minimum Gasteiger partial charge on any atom is -0.396 e. The van der Waals surface area contributed by atoms with Crippen LogP contribution in [0.1, 0.15) is 29.2 Å². The molecule has 0 fully saturated rings. The van der Waals surface area contributed by atoms with E-state index in [1.54, 1.807) is 17.0 Å². The number of carbonyl (C=O) groups excluding carboxylic acids is 2. The molecule has 0 spiro atoms. The molecule has 0 aliphatic carbocycles. The predicted molar refractivity (Wildman–Crippen MR) is 126 cm³/mol. The Morgan fingerprint density at radius 3 is 2.12 bits per heavy atom. The number of nitrogens with one attached hydrogen (secondary N) is 1. The maximum Gasteiger partial charge on any atom is 0.247 e. The van der Waals surface area contributed by atoms with Crippen molar-refractivity contribution in [3.63, 3.8) is 0 Å². The van der Waals surface area contributed by atoms with Crippen LogP contribution in [-0.2, 0) is 22.6 Å².